The molecule has 0 saturated carbocycles. The van der Waals surface area contributed by atoms with Gasteiger partial charge >= 0.3 is 0 Å². The number of hydrogen-bond donors (Lipinski definition) is 12. The Morgan fingerprint density at radius 2 is 1.08 bits per heavy atom. The zero-order valence-electron chi connectivity index (χ0n) is 42.7. The molecule has 74 heavy (non-hydrogen) atoms. The molecule has 10 amide bonds. The van der Waals surface area contributed by atoms with Gasteiger partial charge in [-0.15, -0.1) is 0 Å². The molecule has 18 N–H and O–H groups in total. The second-order valence-electron chi connectivity index (χ2n) is 19.3. The number of hydrogen-bond acceptors (Lipinski definition) is 12. The highest BCUT2D eigenvalue weighted by Gasteiger charge is 2.40. The third kappa shape index (κ3) is 21.2. The van der Waals surface area contributed by atoms with Gasteiger partial charge in [0.25, 0.3) is 0 Å². The van der Waals surface area contributed by atoms with Crippen molar-refractivity contribution in [2.45, 2.75) is 147 Å². The van der Waals surface area contributed by atoms with Crippen LogP contribution < -0.4 is 66.3 Å². The molecular weight excluding hydrogens is 957 g/mol. The molecule has 2 aromatic carbocycles. The number of guanidine groups is 1. The summed E-state index contributed by atoms with van der Waals surface area (Å²) in [7, 11) is 0. The maximum absolute atomic E-state index is 14.4. The van der Waals surface area contributed by atoms with Crippen LogP contribution >= 0.6 is 0 Å². The van der Waals surface area contributed by atoms with Gasteiger partial charge in [0.1, 0.15) is 42.3 Å². The minimum absolute atomic E-state index is 0.000454. The molecule has 0 aliphatic carbocycles. The van der Waals surface area contributed by atoms with E-state index in [2.05, 4.69) is 36.9 Å². The third-order valence-electron chi connectivity index (χ3n) is 12.0. The Balaban J connectivity index is 1.90. The van der Waals surface area contributed by atoms with Gasteiger partial charge in [0.15, 0.2) is 5.96 Å². The fourth-order valence-electron chi connectivity index (χ4n) is 8.32. The van der Waals surface area contributed by atoms with Gasteiger partial charge in [0, 0.05) is 32.4 Å². The largest absolute Gasteiger partial charge is 0.370 e. The van der Waals surface area contributed by atoms with E-state index in [1.165, 1.54) is 4.90 Å². The van der Waals surface area contributed by atoms with E-state index >= 15 is 0 Å². The molecule has 1 aliphatic rings. The number of carbonyl (C=O) groups excluding carboxylic acids is 10. The lowest BCUT2D eigenvalue weighted by Crippen LogP contribution is -2.60. The number of nitrogens with one attached hydrogen (secondary N) is 6. The second-order valence-corrected chi connectivity index (χ2v) is 19.3. The number of carbonyl (C=O) groups is 10. The first-order valence-electron chi connectivity index (χ1n) is 24.8. The smallest absolute Gasteiger partial charge is 0.245 e. The van der Waals surface area contributed by atoms with Gasteiger partial charge in [-0.25, -0.2) is 0 Å². The number of rotatable bonds is 31. The Hall–Kier alpha value is -7.63. The van der Waals surface area contributed by atoms with E-state index in [0.29, 0.717) is 24.0 Å². The fraction of sp³-hybridized carbons (Fsp3) is 0.540. The van der Waals surface area contributed by atoms with Crippen LogP contribution in [0.5, 0.6) is 0 Å². The van der Waals surface area contributed by atoms with Crippen molar-refractivity contribution < 1.29 is 47.9 Å². The Labute approximate surface area is 431 Å². The summed E-state index contributed by atoms with van der Waals surface area (Å²) in [4.78, 5) is 140. The molecule has 24 heteroatoms. The van der Waals surface area contributed by atoms with Gasteiger partial charge in [0.05, 0.1) is 12.5 Å². The van der Waals surface area contributed by atoms with Crippen molar-refractivity contribution in [3.8, 4) is 0 Å². The Morgan fingerprint density at radius 3 is 1.62 bits per heavy atom. The molecule has 1 saturated heterocycles. The van der Waals surface area contributed by atoms with Crippen LogP contribution in [0.2, 0.25) is 0 Å². The zero-order chi connectivity index (χ0) is 55.1. The van der Waals surface area contributed by atoms with Crippen LogP contribution in [-0.2, 0) is 60.8 Å². The van der Waals surface area contributed by atoms with Gasteiger partial charge in [-0.1, -0.05) is 88.4 Å². The van der Waals surface area contributed by atoms with Crippen molar-refractivity contribution in [2.75, 3.05) is 13.1 Å². The molecule has 0 bridgehead atoms. The Morgan fingerprint density at radius 1 is 0.581 bits per heavy atom. The summed E-state index contributed by atoms with van der Waals surface area (Å²) in [5.74, 6) is -8.41. The maximum Gasteiger partial charge on any atom is 0.245 e. The van der Waals surface area contributed by atoms with Crippen molar-refractivity contribution in [2.24, 2.45) is 51.2 Å². The maximum atomic E-state index is 14.4. The van der Waals surface area contributed by atoms with Gasteiger partial charge in [-0.3, -0.25) is 52.9 Å². The van der Waals surface area contributed by atoms with E-state index in [9.17, 15) is 47.9 Å². The highest BCUT2D eigenvalue weighted by atomic mass is 16.2. The first-order valence-corrected chi connectivity index (χ1v) is 24.8. The molecule has 1 aliphatic heterocycles. The third-order valence-corrected chi connectivity index (χ3v) is 12.0. The molecule has 3 rings (SSSR count). The van der Waals surface area contributed by atoms with E-state index in [0.717, 1.165) is 0 Å². The summed E-state index contributed by atoms with van der Waals surface area (Å²) in [6.07, 6.45) is -0.201. The Kier molecular flexibility index (Phi) is 24.9. The standard InChI is InChI=1S/C50H76N14O10/c1-28(2)23-32(51)43(68)59-34(19-20-40(52)65)49(74)64-22-12-18-39(64)48(73)63-38(27-41(53)66)47(72)62-37(26-31-15-9-6-10-16-31)46(71)61-36(24-29(3)4)45(70)58-33(17-11-21-57-50(55)56)44(69)60-35(42(54)67)25-30-13-7-5-8-14-30/h5-10,13-16,28-29,32-39H,11-12,17-27,51H2,1-4H3,(H2,52,65)(H2,53,66)(H2,54,67)(H,58,70)(H,59,68)(H,60,69)(H,61,71)(H,62,72)(H,63,73)(H4,55,56,57)/t32-,33-,34-,35-,36-,37-,38-,39-/m0/s1. The summed E-state index contributed by atoms with van der Waals surface area (Å²) < 4.78 is 0. The molecule has 0 spiro atoms. The number of aliphatic imine (C=N–C) groups is 1. The summed E-state index contributed by atoms with van der Waals surface area (Å²) >= 11 is 0. The first-order chi connectivity index (χ1) is 34.9. The average molecular weight is 1030 g/mol. The van der Waals surface area contributed by atoms with Crippen LogP contribution in [0.1, 0.15) is 96.6 Å². The van der Waals surface area contributed by atoms with Crippen LogP contribution in [0.25, 0.3) is 0 Å². The number of benzene rings is 2. The minimum atomic E-state index is -1.66. The SMILES string of the molecule is CC(C)C[C@H](NC(=O)[C@H](Cc1ccccc1)NC(=O)[C@H](CC(N)=O)NC(=O)[C@@H]1CCCN1C(=O)[C@H](CCC(N)=O)NC(=O)[C@@H](N)CC(C)C)C(=O)N[C@@H](CCCN=C(N)N)C(=O)N[C@@H](Cc1ccccc1)C(N)=O. The van der Waals surface area contributed by atoms with Crippen molar-refractivity contribution in [1.29, 1.82) is 0 Å². The van der Waals surface area contributed by atoms with Crippen LogP contribution in [0.15, 0.2) is 65.7 Å². The summed E-state index contributed by atoms with van der Waals surface area (Å²) in [5, 5.41) is 15.8. The van der Waals surface area contributed by atoms with Crippen molar-refractivity contribution in [1.82, 2.24) is 36.8 Å². The van der Waals surface area contributed by atoms with E-state index < -0.39 is 114 Å². The molecular formula is C50H76N14O10. The highest BCUT2D eigenvalue weighted by Crippen LogP contribution is 2.21. The van der Waals surface area contributed by atoms with E-state index in [1.807, 2.05) is 13.8 Å². The summed E-state index contributed by atoms with van der Waals surface area (Å²) in [5.41, 5.74) is 35.0. The lowest BCUT2D eigenvalue weighted by molar-refractivity contribution is -0.143. The predicted octanol–water partition coefficient (Wildman–Crippen LogP) is -2.53. The van der Waals surface area contributed by atoms with Crippen molar-refractivity contribution in [3.63, 3.8) is 0 Å². The quantitative estimate of drug-likeness (QED) is 0.0211. The van der Waals surface area contributed by atoms with Crippen molar-refractivity contribution >= 4 is 65.0 Å². The van der Waals surface area contributed by atoms with Gasteiger partial charge in [0.2, 0.25) is 59.1 Å². The Bertz CT molecular complexity index is 2280. The molecule has 24 nitrogen and oxygen atoms in total. The van der Waals surface area contributed by atoms with Crippen LogP contribution in [0, 0.1) is 11.8 Å². The first kappa shape index (κ1) is 60.7. The van der Waals surface area contributed by atoms with Gasteiger partial charge < -0.3 is 71.2 Å². The molecule has 1 heterocycles. The van der Waals surface area contributed by atoms with E-state index in [-0.39, 0.29) is 82.3 Å². The minimum Gasteiger partial charge on any atom is -0.370 e. The number of likely N-dealkylation sites (tertiary alicyclic amines) is 1. The van der Waals surface area contributed by atoms with Gasteiger partial charge in [-0.2, -0.15) is 0 Å². The van der Waals surface area contributed by atoms with Crippen LogP contribution in [-0.4, -0.2) is 131 Å². The topological polar surface area (TPSA) is 415 Å². The molecule has 0 unspecified atom stereocenters. The fourth-order valence-corrected chi connectivity index (χ4v) is 8.32. The molecule has 406 valence electrons. The molecule has 8 atom stereocenters. The molecule has 1 fully saturated rings. The number of nitrogens with two attached hydrogens (primary N) is 6. The lowest BCUT2D eigenvalue weighted by Gasteiger charge is -2.30. The summed E-state index contributed by atoms with van der Waals surface area (Å²) in [6, 6.07) is 7.13. The zero-order valence-corrected chi connectivity index (χ0v) is 42.7. The summed E-state index contributed by atoms with van der Waals surface area (Å²) in [6.45, 7) is 7.50. The monoisotopic (exact) mass is 1030 g/mol. The number of nitrogens with zero attached hydrogens (tertiary/aromatic N) is 2. The second kappa shape index (κ2) is 30.4. The predicted molar refractivity (Wildman–Crippen MR) is 275 cm³/mol. The highest BCUT2D eigenvalue weighted by molar-refractivity contribution is 5.99. The normalized spacial score (nSPS) is 16.0. The van der Waals surface area contributed by atoms with Crippen LogP contribution in [0.3, 0.4) is 0 Å². The van der Waals surface area contributed by atoms with Crippen LogP contribution in [0.4, 0.5) is 0 Å². The van der Waals surface area contributed by atoms with E-state index in [1.54, 1.807) is 74.5 Å². The number of amides is 10. The lowest BCUT2D eigenvalue weighted by atomic mass is 9.99. The average Bonchev–Trinajstić information content (AvgIpc) is 3.83. The van der Waals surface area contributed by atoms with Crippen molar-refractivity contribution in [3.05, 3.63) is 71.8 Å². The van der Waals surface area contributed by atoms with E-state index in [4.69, 9.17) is 34.4 Å². The van der Waals surface area contributed by atoms with Gasteiger partial charge in [-0.05, 0) is 67.9 Å². The molecule has 0 aromatic heterocycles. The number of primary amides is 3. The molecule has 0 radical (unpaired) electrons. The molecule has 2 aromatic rings.